The molecule has 32 heavy (non-hydrogen) atoms. The average Bonchev–Trinajstić information content (AvgIpc) is 3.54. The highest BCUT2D eigenvalue weighted by Crippen LogP contribution is 2.35. The highest BCUT2D eigenvalue weighted by atomic mass is 35.5. The Kier molecular flexibility index (Phi) is 7.63. The normalized spacial score (nSPS) is 19.8. The van der Waals surface area contributed by atoms with Crippen molar-refractivity contribution in [1.82, 2.24) is 10.2 Å². The first kappa shape index (κ1) is 23.0. The van der Waals surface area contributed by atoms with Gasteiger partial charge in [-0.15, -0.1) is 0 Å². The van der Waals surface area contributed by atoms with E-state index in [0.717, 1.165) is 69.5 Å². The van der Waals surface area contributed by atoms with Crippen molar-refractivity contribution in [2.24, 2.45) is 28.3 Å². The van der Waals surface area contributed by atoms with Crippen molar-refractivity contribution in [3.05, 3.63) is 52.0 Å². The Morgan fingerprint density at radius 3 is 2.66 bits per heavy atom. The van der Waals surface area contributed by atoms with Crippen molar-refractivity contribution >= 4 is 17.3 Å². The van der Waals surface area contributed by atoms with Crippen LogP contribution in [0.1, 0.15) is 55.2 Å². The summed E-state index contributed by atoms with van der Waals surface area (Å²) in [5.74, 6) is 3.23. The number of benzene rings is 1. The van der Waals surface area contributed by atoms with E-state index < -0.39 is 0 Å². The van der Waals surface area contributed by atoms with Crippen molar-refractivity contribution < 1.29 is 4.74 Å². The second kappa shape index (κ2) is 10.6. The molecule has 1 aliphatic carbocycles. The van der Waals surface area contributed by atoms with Crippen LogP contribution >= 0.6 is 11.6 Å². The summed E-state index contributed by atoms with van der Waals surface area (Å²) in [6.45, 7) is 4.39. The van der Waals surface area contributed by atoms with Gasteiger partial charge in [0.15, 0.2) is 0 Å². The van der Waals surface area contributed by atoms with Gasteiger partial charge in [-0.05, 0) is 87.3 Å². The molecule has 7 heteroatoms. The van der Waals surface area contributed by atoms with Crippen LogP contribution in [0.15, 0.2) is 40.3 Å². The van der Waals surface area contributed by atoms with E-state index in [1.165, 1.54) is 41.7 Å². The molecule has 1 saturated carbocycles. The molecule has 3 aliphatic rings. The maximum atomic E-state index is 6.16. The molecule has 1 aromatic rings. The number of rotatable bonds is 10. The smallest absolute Gasteiger partial charge is 0.124 e. The van der Waals surface area contributed by atoms with Crippen LogP contribution < -0.4 is 21.5 Å². The molecule has 0 aromatic heterocycles. The summed E-state index contributed by atoms with van der Waals surface area (Å²) in [7, 11) is 2.00. The molecule has 6 nitrogen and oxygen atoms in total. The lowest BCUT2D eigenvalue weighted by Gasteiger charge is -2.33. The maximum Gasteiger partial charge on any atom is 0.124 e. The van der Waals surface area contributed by atoms with Crippen LogP contribution in [0.3, 0.4) is 0 Å². The van der Waals surface area contributed by atoms with Gasteiger partial charge in [0.2, 0.25) is 0 Å². The van der Waals surface area contributed by atoms with E-state index >= 15 is 0 Å². The largest absolute Gasteiger partial charge is 0.493 e. The first-order chi connectivity index (χ1) is 15.5. The molecule has 1 aromatic carbocycles. The van der Waals surface area contributed by atoms with Gasteiger partial charge < -0.3 is 26.4 Å². The first-order valence-electron chi connectivity index (χ1n) is 11.8. The van der Waals surface area contributed by atoms with Crippen LogP contribution in [-0.4, -0.2) is 37.4 Å². The first-order valence-corrected chi connectivity index (χ1v) is 12.2. The van der Waals surface area contributed by atoms with Gasteiger partial charge in [-0.3, -0.25) is 4.99 Å². The molecule has 2 aliphatic heterocycles. The number of allylic oxidation sites excluding steroid dienone is 2. The summed E-state index contributed by atoms with van der Waals surface area (Å²) < 4.78 is 6.16. The minimum absolute atomic E-state index is 0.250. The number of nitrogens with zero attached hydrogens (tertiary/aromatic N) is 2. The summed E-state index contributed by atoms with van der Waals surface area (Å²) >= 11 is 5.69. The minimum Gasteiger partial charge on any atom is -0.493 e. The van der Waals surface area contributed by atoms with E-state index in [0.29, 0.717) is 5.92 Å². The lowest BCUT2D eigenvalue weighted by atomic mass is 9.89. The highest BCUT2D eigenvalue weighted by molar-refractivity contribution is 6.29. The number of piperidine rings is 1. The van der Waals surface area contributed by atoms with Crippen molar-refractivity contribution in [3.63, 3.8) is 0 Å². The maximum absolute atomic E-state index is 6.16. The predicted octanol–water partition coefficient (Wildman–Crippen LogP) is 3.83. The third-order valence-corrected chi connectivity index (χ3v) is 6.96. The number of nitrogens with one attached hydrogen (secondary N) is 1. The number of ether oxygens (including phenoxy) is 1. The Hall–Kier alpha value is -2.18. The molecule has 5 N–H and O–H groups in total. The van der Waals surface area contributed by atoms with Crippen LogP contribution in [-0.2, 0) is 13.1 Å². The zero-order chi connectivity index (χ0) is 22.5. The zero-order valence-corrected chi connectivity index (χ0v) is 19.8. The van der Waals surface area contributed by atoms with Crippen molar-refractivity contribution in [2.45, 2.75) is 51.6 Å². The molecule has 0 unspecified atom stereocenters. The summed E-state index contributed by atoms with van der Waals surface area (Å²) in [5, 5.41) is 3.57. The number of aliphatic imine (C=N–C) groups is 1. The molecule has 2 heterocycles. The van der Waals surface area contributed by atoms with Crippen molar-refractivity contribution in [3.8, 4) is 5.75 Å². The minimum atomic E-state index is 0.250. The number of halogens is 1. The predicted molar refractivity (Wildman–Crippen MR) is 132 cm³/mol. The molecule has 2 fully saturated rings. The van der Waals surface area contributed by atoms with Gasteiger partial charge >= 0.3 is 0 Å². The monoisotopic (exact) mass is 457 g/mol. The summed E-state index contributed by atoms with van der Waals surface area (Å²) in [6, 6.07) is 4.39. The average molecular weight is 458 g/mol. The van der Waals surface area contributed by atoms with Gasteiger partial charge in [0.05, 0.1) is 24.1 Å². The number of fused-ring (bicyclic) bond motifs is 1. The van der Waals surface area contributed by atoms with E-state index in [9.17, 15) is 0 Å². The van der Waals surface area contributed by atoms with Gasteiger partial charge in [0, 0.05) is 36.5 Å². The van der Waals surface area contributed by atoms with Gasteiger partial charge in [0.1, 0.15) is 5.75 Å². The molecule has 0 amide bonds. The van der Waals surface area contributed by atoms with Crippen molar-refractivity contribution in [1.29, 1.82) is 0 Å². The molecule has 174 valence electrons. The third kappa shape index (κ3) is 5.78. The van der Waals surface area contributed by atoms with E-state index in [2.05, 4.69) is 22.3 Å². The summed E-state index contributed by atoms with van der Waals surface area (Å²) in [6.07, 6.45) is 10.5. The lowest BCUT2D eigenvalue weighted by molar-refractivity contribution is 0.219. The Labute approximate surface area is 196 Å². The van der Waals surface area contributed by atoms with Crippen LogP contribution in [0.2, 0.25) is 0 Å². The number of hydrogen-bond donors (Lipinski definition) is 3. The van der Waals surface area contributed by atoms with Gasteiger partial charge in [0.25, 0.3) is 0 Å². The Balaban J connectivity index is 1.32. The molecule has 0 bridgehead atoms. The van der Waals surface area contributed by atoms with Crippen LogP contribution in [0, 0.1) is 11.8 Å². The topological polar surface area (TPSA) is 88.9 Å². The molecule has 0 radical (unpaired) electrons. The van der Waals surface area contributed by atoms with Gasteiger partial charge in [-0.1, -0.05) is 11.6 Å². The molecule has 0 atom stereocenters. The second-order valence-corrected chi connectivity index (χ2v) is 9.66. The van der Waals surface area contributed by atoms with Gasteiger partial charge in [-0.2, -0.15) is 0 Å². The quantitative estimate of drug-likeness (QED) is 0.367. The van der Waals surface area contributed by atoms with E-state index in [-0.39, 0.29) is 5.16 Å². The fourth-order valence-corrected chi connectivity index (χ4v) is 4.75. The lowest BCUT2D eigenvalue weighted by Crippen LogP contribution is -2.36. The van der Waals surface area contributed by atoms with E-state index in [4.69, 9.17) is 32.8 Å². The molecular weight excluding hydrogens is 422 g/mol. The van der Waals surface area contributed by atoms with Crippen LogP contribution in [0.25, 0.3) is 0 Å². The Bertz CT molecular complexity index is 894. The fraction of sp³-hybridized carbons (Fsp3) is 0.560. The highest BCUT2D eigenvalue weighted by Gasteiger charge is 2.26. The number of likely N-dealkylation sites (tertiary alicyclic amines) is 1. The SMILES string of the molecule is CNCc1c(OCC2CC2)ccc2c1CN=C2CCC1CCN(/C(N)=C/C=C(\N)Cl)CC1. The summed E-state index contributed by atoms with van der Waals surface area (Å²) in [4.78, 5) is 7.14. The Morgan fingerprint density at radius 1 is 1.19 bits per heavy atom. The molecular formula is C25H36ClN5O. The van der Waals surface area contributed by atoms with Gasteiger partial charge in [-0.25, -0.2) is 0 Å². The standard InChI is InChI=1S/C25H36ClN5O/c1-29-14-21-20-15-30-22(19(20)5-7-23(21)32-16-18-2-3-18)6-4-17-10-12-31(13-11-17)25(28)9-8-24(26)27/h5,7-9,17-18,29H,2-4,6,10-16,27-28H2,1H3/b24-8-,25-9+. The third-order valence-electron chi connectivity index (χ3n) is 6.83. The number of hydrogen-bond acceptors (Lipinski definition) is 6. The molecule has 0 spiro atoms. The molecule has 4 rings (SSSR count). The van der Waals surface area contributed by atoms with E-state index in [1.54, 1.807) is 12.2 Å². The van der Waals surface area contributed by atoms with Crippen LogP contribution in [0.5, 0.6) is 5.75 Å². The Morgan fingerprint density at radius 2 is 1.97 bits per heavy atom. The van der Waals surface area contributed by atoms with Crippen molar-refractivity contribution in [2.75, 3.05) is 26.7 Å². The van der Waals surface area contributed by atoms with Crippen LogP contribution in [0.4, 0.5) is 0 Å². The zero-order valence-electron chi connectivity index (χ0n) is 19.1. The fourth-order valence-electron chi connectivity index (χ4n) is 4.68. The van der Waals surface area contributed by atoms with E-state index in [1.807, 2.05) is 7.05 Å². The summed E-state index contributed by atoms with van der Waals surface area (Å²) in [5.41, 5.74) is 16.8. The second-order valence-electron chi connectivity index (χ2n) is 9.23. The number of nitrogens with two attached hydrogens (primary N) is 2. The molecule has 1 saturated heterocycles.